The van der Waals surface area contributed by atoms with E-state index in [1.165, 1.54) is 36.2 Å². The van der Waals surface area contributed by atoms with E-state index in [-0.39, 0.29) is 23.0 Å². The first-order valence-corrected chi connectivity index (χ1v) is 14.6. The standard InChI is InChI=1S/C29H34ClN3O5S/c1-4-25(29(35)31-3)32(20-19-22-11-7-6-8-12-22)28(34)21-33(26-13-9-10-14-27(26)38-5-2)39(36,37)24-17-15-23(30)16-18-24/h6-18,25H,4-5,19-21H2,1-3H3,(H,31,35). The highest BCUT2D eigenvalue weighted by atomic mass is 35.5. The van der Waals surface area contributed by atoms with Crippen LogP contribution in [0.2, 0.25) is 5.02 Å². The van der Waals surface area contributed by atoms with Crippen molar-refractivity contribution in [1.82, 2.24) is 10.2 Å². The Bertz CT molecular complexity index is 1350. The predicted molar refractivity (Wildman–Crippen MR) is 154 cm³/mol. The van der Waals surface area contributed by atoms with Crippen LogP contribution in [0.5, 0.6) is 5.75 Å². The molecule has 8 nitrogen and oxygen atoms in total. The lowest BCUT2D eigenvalue weighted by atomic mass is 10.1. The lowest BCUT2D eigenvalue weighted by Crippen LogP contribution is -2.52. The number of nitrogens with zero attached hydrogens (tertiary/aromatic N) is 2. The van der Waals surface area contributed by atoms with Crippen LogP contribution in [0.4, 0.5) is 5.69 Å². The lowest BCUT2D eigenvalue weighted by molar-refractivity contribution is -0.139. The highest BCUT2D eigenvalue weighted by Gasteiger charge is 2.34. The molecule has 10 heteroatoms. The van der Waals surface area contributed by atoms with Crippen molar-refractivity contribution >= 4 is 39.1 Å². The summed E-state index contributed by atoms with van der Waals surface area (Å²) < 4.78 is 34.7. The van der Waals surface area contributed by atoms with Crippen LogP contribution in [0.15, 0.2) is 83.8 Å². The summed E-state index contributed by atoms with van der Waals surface area (Å²) in [5, 5.41) is 3.01. The quantitative estimate of drug-likeness (QED) is 0.325. The van der Waals surface area contributed by atoms with E-state index in [2.05, 4.69) is 5.32 Å². The summed E-state index contributed by atoms with van der Waals surface area (Å²) in [6, 6.07) is 21.2. The van der Waals surface area contributed by atoms with Gasteiger partial charge in [-0.05, 0) is 61.7 Å². The first kappa shape index (κ1) is 30.0. The number of benzene rings is 3. The minimum absolute atomic E-state index is 0.0276. The maximum absolute atomic E-state index is 13.9. The minimum atomic E-state index is -4.22. The number of anilines is 1. The summed E-state index contributed by atoms with van der Waals surface area (Å²) in [5.41, 5.74) is 1.22. The molecule has 208 valence electrons. The number of hydrogen-bond donors (Lipinski definition) is 1. The van der Waals surface area contributed by atoms with E-state index in [4.69, 9.17) is 16.3 Å². The first-order valence-electron chi connectivity index (χ1n) is 12.8. The molecule has 3 aromatic carbocycles. The third kappa shape index (κ3) is 7.52. The fraction of sp³-hybridized carbons (Fsp3) is 0.310. The van der Waals surface area contributed by atoms with Crippen LogP contribution < -0.4 is 14.4 Å². The molecule has 2 amide bonds. The number of sulfonamides is 1. The fourth-order valence-corrected chi connectivity index (χ4v) is 5.80. The fourth-order valence-electron chi connectivity index (χ4n) is 4.25. The van der Waals surface area contributed by atoms with Crippen molar-refractivity contribution in [2.24, 2.45) is 0 Å². The Kier molecular flexibility index (Phi) is 10.8. The van der Waals surface area contributed by atoms with Crippen molar-refractivity contribution in [2.75, 3.05) is 31.0 Å². The van der Waals surface area contributed by atoms with Crippen molar-refractivity contribution in [3.8, 4) is 5.75 Å². The van der Waals surface area contributed by atoms with E-state index in [1.54, 1.807) is 31.2 Å². The molecule has 0 radical (unpaired) electrons. The summed E-state index contributed by atoms with van der Waals surface area (Å²) >= 11 is 6.00. The van der Waals surface area contributed by atoms with Crippen molar-refractivity contribution < 1.29 is 22.7 Å². The Labute approximate surface area is 235 Å². The van der Waals surface area contributed by atoms with Gasteiger partial charge < -0.3 is 15.0 Å². The molecule has 1 unspecified atom stereocenters. The monoisotopic (exact) mass is 571 g/mol. The average molecular weight is 572 g/mol. The van der Waals surface area contributed by atoms with Gasteiger partial charge in [0.05, 0.1) is 17.2 Å². The van der Waals surface area contributed by atoms with Gasteiger partial charge >= 0.3 is 0 Å². The van der Waals surface area contributed by atoms with Crippen LogP contribution in [0, 0.1) is 0 Å². The average Bonchev–Trinajstić information content (AvgIpc) is 2.94. The molecular formula is C29H34ClN3O5S. The number of halogens is 1. The molecule has 0 saturated carbocycles. The van der Waals surface area contributed by atoms with Gasteiger partial charge in [-0.15, -0.1) is 0 Å². The predicted octanol–water partition coefficient (Wildman–Crippen LogP) is 4.53. The number of rotatable bonds is 13. The van der Waals surface area contributed by atoms with Crippen LogP contribution in [0.1, 0.15) is 25.8 Å². The second kappa shape index (κ2) is 14.0. The largest absolute Gasteiger partial charge is 0.492 e. The molecule has 3 aromatic rings. The molecule has 0 spiro atoms. The van der Waals surface area contributed by atoms with Crippen LogP contribution in [0.3, 0.4) is 0 Å². The molecule has 0 aliphatic rings. The molecule has 1 N–H and O–H groups in total. The number of carbonyl (C=O) groups excluding carboxylic acids is 2. The summed E-state index contributed by atoms with van der Waals surface area (Å²) in [4.78, 5) is 28.2. The van der Waals surface area contributed by atoms with E-state index < -0.39 is 28.5 Å². The lowest BCUT2D eigenvalue weighted by Gasteiger charge is -2.33. The molecule has 39 heavy (non-hydrogen) atoms. The van der Waals surface area contributed by atoms with Gasteiger partial charge in [0, 0.05) is 18.6 Å². The maximum Gasteiger partial charge on any atom is 0.264 e. The molecule has 0 aliphatic heterocycles. The zero-order chi connectivity index (χ0) is 28.4. The Balaban J connectivity index is 2.05. The Morgan fingerprint density at radius 1 is 0.949 bits per heavy atom. The third-order valence-electron chi connectivity index (χ3n) is 6.23. The van der Waals surface area contributed by atoms with E-state index in [1.807, 2.05) is 37.3 Å². The van der Waals surface area contributed by atoms with Gasteiger partial charge in [-0.1, -0.05) is 61.0 Å². The van der Waals surface area contributed by atoms with Crippen LogP contribution >= 0.6 is 11.6 Å². The smallest absolute Gasteiger partial charge is 0.264 e. The summed E-state index contributed by atoms with van der Waals surface area (Å²) in [6.45, 7) is 3.61. The molecule has 0 saturated heterocycles. The molecule has 0 fully saturated rings. The number of nitrogens with one attached hydrogen (secondary N) is 1. The van der Waals surface area contributed by atoms with Gasteiger partial charge in [0.15, 0.2) is 0 Å². The van der Waals surface area contributed by atoms with Gasteiger partial charge in [0.25, 0.3) is 10.0 Å². The molecular weight excluding hydrogens is 538 g/mol. The van der Waals surface area contributed by atoms with Crippen LogP contribution in [-0.2, 0) is 26.0 Å². The van der Waals surface area contributed by atoms with Crippen LogP contribution in [-0.4, -0.2) is 57.9 Å². The van der Waals surface area contributed by atoms with Crippen LogP contribution in [0.25, 0.3) is 0 Å². The molecule has 0 heterocycles. The zero-order valence-electron chi connectivity index (χ0n) is 22.3. The Hall–Kier alpha value is -3.56. The van der Waals surface area contributed by atoms with Crippen molar-refractivity contribution in [2.45, 2.75) is 37.6 Å². The number of hydrogen-bond acceptors (Lipinski definition) is 5. The van der Waals surface area contributed by atoms with Gasteiger partial charge in [-0.3, -0.25) is 13.9 Å². The second-order valence-electron chi connectivity index (χ2n) is 8.73. The molecule has 0 aliphatic carbocycles. The number of ether oxygens (including phenoxy) is 1. The molecule has 1 atom stereocenters. The molecule has 0 bridgehead atoms. The normalized spacial score (nSPS) is 11.9. The van der Waals surface area contributed by atoms with Gasteiger partial charge in [0.1, 0.15) is 18.3 Å². The number of likely N-dealkylation sites (N-methyl/N-ethyl adjacent to an activating group) is 1. The minimum Gasteiger partial charge on any atom is -0.492 e. The van der Waals surface area contributed by atoms with E-state index in [9.17, 15) is 18.0 Å². The molecule has 0 aromatic heterocycles. The number of amides is 2. The second-order valence-corrected chi connectivity index (χ2v) is 11.0. The summed E-state index contributed by atoms with van der Waals surface area (Å²) in [7, 11) is -2.70. The van der Waals surface area contributed by atoms with Crippen molar-refractivity contribution in [1.29, 1.82) is 0 Å². The zero-order valence-corrected chi connectivity index (χ0v) is 23.9. The van der Waals surface area contributed by atoms with Gasteiger partial charge in [0.2, 0.25) is 11.8 Å². The van der Waals surface area contributed by atoms with Gasteiger partial charge in [-0.2, -0.15) is 0 Å². The molecule has 3 rings (SSSR count). The number of para-hydroxylation sites is 2. The maximum atomic E-state index is 13.9. The van der Waals surface area contributed by atoms with Crippen molar-refractivity contribution in [3.63, 3.8) is 0 Å². The summed E-state index contributed by atoms with van der Waals surface area (Å²) in [5.74, 6) is -0.509. The Morgan fingerprint density at radius 2 is 1.59 bits per heavy atom. The van der Waals surface area contributed by atoms with E-state index in [0.717, 1.165) is 9.87 Å². The summed E-state index contributed by atoms with van der Waals surface area (Å²) in [6.07, 6.45) is 0.860. The first-order chi connectivity index (χ1) is 18.7. The van der Waals surface area contributed by atoms with E-state index in [0.29, 0.717) is 30.2 Å². The van der Waals surface area contributed by atoms with E-state index >= 15 is 0 Å². The SMILES string of the molecule is CCOc1ccccc1N(CC(=O)N(CCc1ccccc1)C(CC)C(=O)NC)S(=O)(=O)c1ccc(Cl)cc1. The van der Waals surface area contributed by atoms with Gasteiger partial charge in [-0.25, -0.2) is 8.42 Å². The highest BCUT2D eigenvalue weighted by molar-refractivity contribution is 7.92. The topological polar surface area (TPSA) is 96.0 Å². The van der Waals surface area contributed by atoms with Crippen molar-refractivity contribution in [3.05, 3.63) is 89.4 Å². The third-order valence-corrected chi connectivity index (χ3v) is 8.26. The number of carbonyl (C=O) groups is 2. The Morgan fingerprint density at radius 3 is 2.21 bits per heavy atom. The highest BCUT2D eigenvalue weighted by Crippen LogP contribution is 2.33.